The molecule has 1 fully saturated rings. The van der Waals surface area contributed by atoms with Gasteiger partial charge in [0.05, 0.1) is 13.2 Å². The first-order valence-electron chi connectivity index (χ1n) is 3.34. The van der Waals surface area contributed by atoms with E-state index < -0.39 is 0 Å². The number of hydrogen-bond acceptors (Lipinski definition) is 2. The molecule has 0 aromatic carbocycles. The molecule has 2 nitrogen and oxygen atoms in total. The van der Waals surface area contributed by atoms with Gasteiger partial charge in [-0.05, 0) is 13.3 Å². The fraction of sp³-hybridized carbons (Fsp3) is 0.857. The predicted octanol–water partition coefficient (Wildman–Crippen LogP) is -2.01. The minimum absolute atomic E-state index is 0. The zero-order chi connectivity index (χ0) is 6.74. The zero-order valence-electron chi connectivity index (χ0n) is 6.94. The van der Waals surface area contributed by atoms with Crippen molar-refractivity contribution in [3.05, 3.63) is 6.92 Å². The van der Waals surface area contributed by atoms with Crippen LogP contribution in [0.25, 0.3) is 0 Å². The fourth-order valence-corrected chi connectivity index (χ4v) is 1.02. The Morgan fingerprint density at radius 1 is 1.36 bits per heavy atom. The van der Waals surface area contributed by atoms with Crippen molar-refractivity contribution in [3.8, 4) is 0 Å². The molecule has 0 spiro atoms. The molecule has 1 aliphatic rings. The van der Waals surface area contributed by atoms with Gasteiger partial charge in [0.15, 0.2) is 5.79 Å². The monoisotopic (exact) mass is 232 g/mol. The number of ether oxygens (including phenoxy) is 2. The molecule has 62 valence electrons. The zero-order valence-corrected chi connectivity index (χ0v) is 9.94. The second-order valence-corrected chi connectivity index (χ2v) is 2.43. The quantitative estimate of drug-likeness (QED) is 0.405. The van der Waals surface area contributed by atoms with Crippen molar-refractivity contribution >= 4 is 23.1 Å². The molecule has 4 heteroatoms. The molecule has 1 saturated heterocycles. The van der Waals surface area contributed by atoms with E-state index in [1.807, 2.05) is 6.92 Å². The van der Waals surface area contributed by atoms with E-state index in [4.69, 9.17) is 9.47 Å². The van der Waals surface area contributed by atoms with Crippen molar-refractivity contribution in [2.75, 3.05) is 13.2 Å². The van der Waals surface area contributed by atoms with Gasteiger partial charge >= 0.3 is 23.1 Å². The van der Waals surface area contributed by atoms with Crippen LogP contribution in [0.15, 0.2) is 0 Å². The van der Waals surface area contributed by atoms with Gasteiger partial charge < -0.3 is 33.4 Å². The van der Waals surface area contributed by atoms with Crippen LogP contribution in [0.2, 0.25) is 0 Å². The third-order valence-electron chi connectivity index (χ3n) is 1.53. The summed E-state index contributed by atoms with van der Waals surface area (Å²) in [7, 11) is 0. The molecule has 1 aliphatic heterocycles. The Morgan fingerprint density at radius 2 is 1.82 bits per heavy atom. The van der Waals surface area contributed by atoms with Crippen LogP contribution in [0, 0.1) is 6.92 Å². The molecule has 11 heavy (non-hydrogen) atoms. The van der Waals surface area contributed by atoms with Crippen LogP contribution in [0.1, 0.15) is 19.8 Å². The molecule has 0 atom stereocenters. The molecule has 0 bridgehead atoms. The van der Waals surface area contributed by atoms with E-state index in [9.17, 15) is 0 Å². The molecular formula is C7H13BrMgO2. The first-order chi connectivity index (χ1) is 4.27. The van der Waals surface area contributed by atoms with Crippen molar-refractivity contribution in [3.63, 3.8) is 0 Å². The normalized spacial score (nSPS) is 20.2. The topological polar surface area (TPSA) is 18.5 Å². The summed E-state index contributed by atoms with van der Waals surface area (Å²) in [5.74, 6) is -0.318. The van der Waals surface area contributed by atoms with Crippen LogP contribution in [-0.2, 0) is 9.47 Å². The van der Waals surface area contributed by atoms with Crippen molar-refractivity contribution in [2.24, 2.45) is 0 Å². The van der Waals surface area contributed by atoms with E-state index in [-0.39, 0.29) is 45.8 Å². The average Bonchev–Trinajstić information content (AvgIpc) is 2.16. The Labute approximate surface area is 94.9 Å². The molecule has 0 N–H and O–H groups in total. The number of hydrogen-bond donors (Lipinski definition) is 0. The third-order valence-corrected chi connectivity index (χ3v) is 1.53. The van der Waals surface area contributed by atoms with E-state index in [1.165, 1.54) is 0 Å². The van der Waals surface area contributed by atoms with E-state index in [1.54, 1.807) is 0 Å². The van der Waals surface area contributed by atoms with Crippen LogP contribution in [0.5, 0.6) is 0 Å². The second-order valence-electron chi connectivity index (χ2n) is 2.43. The van der Waals surface area contributed by atoms with Gasteiger partial charge in [-0.15, -0.1) is 0 Å². The molecule has 0 amide bonds. The van der Waals surface area contributed by atoms with Crippen molar-refractivity contribution in [1.82, 2.24) is 0 Å². The Kier molecular flexibility index (Phi) is 8.88. The van der Waals surface area contributed by atoms with Gasteiger partial charge in [0.25, 0.3) is 0 Å². The minimum Gasteiger partial charge on any atom is -1.00 e. The first kappa shape index (κ1) is 14.7. The molecule has 0 aromatic heterocycles. The maximum absolute atomic E-state index is 5.32. The summed E-state index contributed by atoms with van der Waals surface area (Å²) in [5.41, 5.74) is 0. The van der Waals surface area contributed by atoms with Crippen LogP contribution in [0.4, 0.5) is 0 Å². The van der Waals surface area contributed by atoms with Crippen molar-refractivity contribution in [2.45, 2.75) is 25.6 Å². The van der Waals surface area contributed by atoms with Gasteiger partial charge in [-0.3, -0.25) is 0 Å². The number of halogens is 1. The fourth-order valence-electron chi connectivity index (χ4n) is 1.02. The SMILES string of the molecule is [Br-].[CH2-]CCC1(C)OCCO1.[Mg+2]. The first-order valence-corrected chi connectivity index (χ1v) is 3.34. The van der Waals surface area contributed by atoms with Crippen LogP contribution >= 0.6 is 0 Å². The van der Waals surface area contributed by atoms with Gasteiger partial charge in [-0.1, -0.05) is 0 Å². The van der Waals surface area contributed by atoms with Gasteiger partial charge in [0.1, 0.15) is 0 Å². The average molecular weight is 233 g/mol. The van der Waals surface area contributed by atoms with Gasteiger partial charge in [0, 0.05) is 0 Å². The molecular weight excluding hydrogens is 220 g/mol. The maximum Gasteiger partial charge on any atom is 2.00 e. The van der Waals surface area contributed by atoms with Crippen LogP contribution in [0.3, 0.4) is 0 Å². The Balaban J connectivity index is 0. The summed E-state index contributed by atoms with van der Waals surface area (Å²) in [6.45, 7) is 7.16. The number of rotatable bonds is 2. The summed E-state index contributed by atoms with van der Waals surface area (Å²) in [4.78, 5) is 0. The third kappa shape index (κ3) is 4.67. The molecule has 0 aliphatic carbocycles. The Morgan fingerprint density at radius 3 is 2.18 bits per heavy atom. The largest absolute Gasteiger partial charge is 2.00 e. The van der Waals surface area contributed by atoms with E-state index in [0.717, 1.165) is 26.1 Å². The standard InChI is InChI=1S/C7H13O2.BrH.Mg/c1-3-4-7(2)8-5-6-9-7;;/h1,3-6H2,2H3;1H;/q-1;;+2/p-1. The predicted molar refractivity (Wildman–Crippen MR) is 40.7 cm³/mol. The molecule has 0 radical (unpaired) electrons. The van der Waals surface area contributed by atoms with Crippen LogP contribution in [-0.4, -0.2) is 42.1 Å². The summed E-state index contributed by atoms with van der Waals surface area (Å²) in [5, 5.41) is 0. The Hall–Kier alpha value is 1.17. The molecule has 1 rings (SSSR count). The van der Waals surface area contributed by atoms with Gasteiger partial charge in [-0.2, -0.15) is 6.42 Å². The van der Waals surface area contributed by atoms with Crippen molar-refractivity contribution in [1.29, 1.82) is 0 Å². The van der Waals surface area contributed by atoms with Gasteiger partial charge in [0.2, 0.25) is 0 Å². The smallest absolute Gasteiger partial charge is 1.00 e. The van der Waals surface area contributed by atoms with E-state index in [2.05, 4.69) is 6.92 Å². The molecule has 0 saturated carbocycles. The molecule has 0 aromatic rings. The summed E-state index contributed by atoms with van der Waals surface area (Å²) >= 11 is 0. The molecule has 1 heterocycles. The summed E-state index contributed by atoms with van der Waals surface area (Å²) in [6, 6.07) is 0. The summed E-state index contributed by atoms with van der Waals surface area (Å²) < 4.78 is 10.6. The molecule has 0 unspecified atom stereocenters. The maximum atomic E-state index is 5.32. The van der Waals surface area contributed by atoms with Crippen LogP contribution < -0.4 is 17.0 Å². The van der Waals surface area contributed by atoms with Crippen molar-refractivity contribution < 1.29 is 26.5 Å². The van der Waals surface area contributed by atoms with Gasteiger partial charge in [-0.25, -0.2) is 0 Å². The minimum atomic E-state index is -0.318. The summed E-state index contributed by atoms with van der Waals surface area (Å²) in [6.07, 6.45) is 1.77. The second kappa shape index (κ2) is 6.66. The Bertz CT molecular complexity index is 94.4. The van der Waals surface area contributed by atoms with E-state index in [0.29, 0.717) is 0 Å². The van der Waals surface area contributed by atoms with E-state index >= 15 is 0 Å².